The van der Waals surface area contributed by atoms with E-state index in [0.717, 1.165) is 22.3 Å². The van der Waals surface area contributed by atoms with Crippen molar-refractivity contribution in [2.45, 2.75) is 48.5 Å². The number of hydrogen-bond acceptors (Lipinski definition) is 0. The maximum absolute atomic E-state index is 14.0. The molecule has 0 N–H and O–H groups in total. The molecule has 0 atom stereocenters. The van der Waals surface area contributed by atoms with Gasteiger partial charge in [0.25, 0.3) is 0 Å². The quantitative estimate of drug-likeness (QED) is 0.434. The summed E-state index contributed by atoms with van der Waals surface area (Å²) in [6.07, 6.45) is 13.9. The predicted molar refractivity (Wildman–Crippen MR) is 127 cm³/mol. The van der Waals surface area contributed by atoms with Crippen LogP contribution in [0.5, 0.6) is 0 Å². The van der Waals surface area contributed by atoms with Crippen molar-refractivity contribution >= 4 is 11.1 Å². The van der Waals surface area contributed by atoms with Gasteiger partial charge in [0, 0.05) is 5.56 Å². The van der Waals surface area contributed by atoms with Crippen molar-refractivity contribution in [3.63, 3.8) is 0 Å². The molecular formula is C27H35F. The Morgan fingerprint density at radius 1 is 0.964 bits per heavy atom. The van der Waals surface area contributed by atoms with Gasteiger partial charge < -0.3 is 0 Å². The van der Waals surface area contributed by atoms with Crippen LogP contribution in [0.15, 0.2) is 90.6 Å². The smallest absolute Gasteiger partial charge is 0.131 e. The largest absolute Gasteiger partial charge is 0.206 e. The molecule has 0 aliphatic rings. The summed E-state index contributed by atoms with van der Waals surface area (Å²) in [7, 11) is 0. The first-order chi connectivity index (χ1) is 13.1. The lowest BCUT2D eigenvalue weighted by Crippen LogP contribution is -1.91. The molecule has 0 saturated heterocycles. The highest BCUT2D eigenvalue weighted by atomic mass is 19.1. The zero-order valence-electron chi connectivity index (χ0n) is 18.6. The number of hydrogen-bond donors (Lipinski definition) is 0. The van der Waals surface area contributed by atoms with Crippen LogP contribution < -0.4 is 0 Å². The van der Waals surface area contributed by atoms with Gasteiger partial charge in [0.1, 0.15) is 5.82 Å². The fourth-order valence-electron chi connectivity index (χ4n) is 2.25. The third kappa shape index (κ3) is 9.87. The fraction of sp³-hybridized carbons (Fsp3) is 0.259. The lowest BCUT2D eigenvalue weighted by molar-refractivity contribution is 0.623. The van der Waals surface area contributed by atoms with E-state index in [2.05, 4.69) is 52.2 Å². The molecule has 0 radical (unpaired) electrons. The molecule has 0 aliphatic carbocycles. The molecule has 0 amide bonds. The van der Waals surface area contributed by atoms with Crippen LogP contribution >= 0.6 is 0 Å². The molecule has 0 nitrogen and oxygen atoms in total. The molecule has 28 heavy (non-hydrogen) atoms. The molecule has 0 aromatic heterocycles. The summed E-state index contributed by atoms with van der Waals surface area (Å²) in [6, 6.07) is 5.24. The summed E-state index contributed by atoms with van der Waals surface area (Å²) in [4.78, 5) is 0. The van der Waals surface area contributed by atoms with Gasteiger partial charge in [0.2, 0.25) is 0 Å². The van der Waals surface area contributed by atoms with Gasteiger partial charge in [-0.05, 0) is 71.2 Å². The van der Waals surface area contributed by atoms with Crippen molar-refractivity contribution in [3.05, 3.63) is 108 Å². The summed E-state index contributed by atoms with van der Waals surface area (Å²) in [6.45, 7) is 21.5. The molecule has 1 aromatic rings. The lowest BCUT2D eigenvalue weighted by atomic mass is 9.98. The molecule has 0 saturated carbocycles. The van der Waals surface area contributed by atoms with Gasteiger partial charge in [-0.2, -0.15) is 0 Å². The van der Waals surface area contributed by atoms with Crippen LogP contribution in [0.2, 0.25) is 0 Å². The van der Waals surface area contributed by atoms with Gasteiger partial charge >= 0.3 is 0 Å². The predicted octanol–water partition coefficient (Wildman–Crippen LogP) is 8.87. The second-order valence-electron chi connectivity index (χ2n) is 7.03. The van der Waals surface area contributed by atoms with E-state index in [9.17, 15) is 4.39 Å². The molecule has 0 bridgehead atoms. The maximum Gasteiger partial charge on any atom is 0.131 e. The monoisotopic (exact) mass is 378 g/mol. The third-order valence-electron chi connectivity index (χ3n) is 4.05. The van der Waals surface area contributed by atoms with Gasteiger partial charge in [-0.3, -0.25) is 0 Å². The molecule has 150 valence electrons. The van der Waals surface area contributed by atoms with Crippen LogP contribution in [-0.2, 0) is 0 Å². The minimum atomic E-state index is -0.209. The van der Waals surface area contributed by atoms with E-state index in [4.69, 9.17) is 0 Å². The van der Waals surface area contributed by atoms with Crippen LogP contribution in [0, 0.1) is 5.82 Å². The van der Waals surface area contributed by atoms with Gasteiger partial charge in [0.05, 0.1) is 0 Å². The summed E-state index contributed by atoms with van der Waals surface area (Å²) in [5.74, 6) is -0.209. The van der Waals surface area contributed by atoms with Gasteiger partial charge in [0.15, 0.2) is 0 Å². The molecule has 0 unspecified atom stereocenters. The number of allylic oxidation sites excluding steroid dienone is 12. The van der Waals surface area contributed by atoms with Crippen LogP contribution in [0.1, 0.15) is 59.6 Å². The van der Waals surface area contributed by atoms with Crippen molar-refractivity contribution in [1.82, 2.24) is 0 Å². The van der Waals surface area contributed by atoms with Crippen LogP contribution in [0.25, 0.3) is 11.1 Å². The standard InChI is InChI=1S/C17H19F.C10H16/c1-6-7-8-13(4)14(5)16-10-9-15(12(2)3)11-17(16)18;1-5-6-10(4)8-7-9(2)3/h6-11H,1-2H2,3-5H3;5-8H,1-4H3/b8-7-,14-13+;6-5+,10-8-. The zero-order valence-corrected chi connectivity index (χ0v) is 18.6. The van der Waals surface area contributed by atoms with E-state index < -0.39 is 0 Å². The van der Waals surface area contributed by atoms with E-state index in [0.29, 0.717) is 5.56 Å². The topological polar surface area (TPSA) is 0 Å². The van der Waals surface area contributed by atoms with Crippen molar-refractivity contribution in [1.29, 1.82) is 0 Å². The Labute approximate surface area is 171 Å². The SMILES string of the molecule is C/C=C/C(C)=C\C=C(C)C.C=C/C=C\C(C)=C(/C)c1ccc(C(=C)C)cc1F. The van der Waals surface area contributed by atoms with Crippen LogP contribution in [-0.4, -0.2) is 0 Å². The first-order valence-electron chi connectivity index (χ1n) is 9.50. The molecule has 0 heterocycles. The molecule has 0 aliphatic heterocycles. The van der Waals surface area contributed by atoms with E-state index in [1.807, 2.05) is 52.0 Å². The number of halogens is 1. The second kappa shape index (κ2) is 13.5. The van der Waals surface area contributed by atoms with Crippen molar-refractivity contribution < 1.29 is 4.39 Å². The minimum Gasteiger partial charge on any atom is -0.206 e. The Bertz CT molecular complexity index is 820. The molecule has 0 spiro atoms. The molecule has 1 aromatic carbocycles. The Morgan fingerprint density at radius 3 is 2.07 bits per heavy atom. The van der Waals surface area contributed by atoms with Crippen molar-refractivity contribution in [3.8, 4) is 0 Å². The highest BCUT2D eigenvalue weighted by molar-refractivity contribution is 5.71. The average Bonchev–Trinajstić information content (AvgIpc) is 2.64. The van der Waals surface area contributed by atoms with Crippen LogP contribution in [0.3, 0.4) is 0 Å². The molecule has 1 heteroatoms. The normalized spacial score (nSPS) is 12.4. The van der Waals surface area contributed by atoms with E-state index in [1.54, 1.807) is 12.1 Å². The van der Waals surface area contributed by atoms with E-state index >= 15 is 0 Å². The Balaban J connectivity index is 0.000000621. The van der Waals surface area contributed by atoms with E-state index in [1.165, 1.54) is 17.2 Å². The first-order valence-corrected chi connectivity index (χ1v) is 9.50. The minimum absolute atomic E-state index is 0.209. The fourth-order valence-corrected chi connectivity index (χ4v) is 2.25. The lowest BCUT2D eigenvalue weighted by Gasteiger charge is -2.08. The number of benzene rings is 1. The highest BCUT2D eigenvalue weighted by Crippen LogP contribution is 2.24. The van der Waals surface area contributed by atoms with Crippen LogP contribution in [0.4, 0.5) is 4.39 Å². The Kier molecular flexibility index (Phi) is 12.2. The Morgan fingerprint density at radius 2 is 1.61 bits per heavy atom. The summed E-state index contributed by atoms with van der Waals surface area (Å²) >= 11 is 0. The maximum atomic E-state index is 14.0. The third-order valence-corrected chi connectivity index (χ3v) is 4.05. The van der Waals surface area contributed by atoms with Crippen molar-refractivity contribution in [2.24, 2.45) is 0 Å². The molecule has 1 rings (SSSR count). The summed E-state index contributed by atoms with van der Waals surface area (Å²) in [5.41, 5.74) is 6.92. The molecule has 0 fully saturated rings. The summed E-state index contributed by atoms with van der Waals surface area (Å²) in [5, 5.41) is 0. The van der Waals surface area contributed by atoms with Gasteiger partial charge in [-0.15, -0.1) is 0 Å². The summed E-state index contributed by atoms with van der Waals surface area (Å²) < 4.78 is 14.0. The zero-order chi connectivity index (χ0) is 21.7. The second-order valence-corrected chi connectivity index (χ2v) is 7.03. The molecular weight excluding hydrogens is 343 g/mol. The number of rotatable bonds is 6. The average molecular weight is 379 g/mol. The first kappa shape index (κ1) is 25.3. The van der Waals surface area contributed by atoms with Gasteiger partial charge in [-0.25, -0.2) is 4.39 Å². The van der Waals surface area contributed by atoms with Gasteiger partial charge in [-0.1, -0.05) is 84.5 Å². The highest BCUT2D eigenvalue weighted by Gasteiger charge is 2.07. The Hall–Kier alpha value is -2.67. The van der Waals surface area contributed by atoms with Crippen molar-refractivity contribution in [2.75, 3.05) is 0 Å². The van der Waals surface area contributed by atoms with E-state index in [-0.39, 0.29) is 5.82 Å².